The number of nitrogens with zero attached hydrogens (tertiary/aromatic N) is 3. The van der Waals surface area contributed by atoms with Crippen molar-refractivity contribution in [2.24, 2.45) is 10.1 Å². The number of fused-ring (bicyclic) bond motifs is 2. The van der Waals surface area contributed by atoms with Crippen LogP contribution in [0.3, 0.4) is 0 Å². The summed E-state index contributed by atoms with van der Waals surface area (Å²) >= 11 is 3.28. The van der Waals surface area contributed by atoms with Gasteiger partial charge in [-0.25, -0.2) is 5.01 Å². The van der Waals surface area contributed by atoms with Crippen LogP contribution in [0.15, 0.2) is 46.5 Å². The number of para-hydroxylation sites is 1. The number of hydrogen-bond donors (Lipinski definition) is 1. The van der Waals surface area contributed by atoms with Gasteiger partial charge in [-0.15, -0.1) is 16.4 Å². The van der Waals surface area contributed by atoms with E-state index in [9.17, 15) is 4.79 Å². The zero-order chi connectivity index (χ0) is 18.1. The van der Waals surface area contributed by atoms with Crippen molar-refractivity contribution >= 4 is 39.9 Å². The Morgan fingerprint density at radius 1 is 1.27 bits per heavy atom. The van der Waals surface area contributed by atoms with Gasteiger partial charge in [-0.2, -0.15) is 0 Å². The van der Waals surface area contributed by atoms with E-state index < -0.39 is 0 Å². The van der Waals surface area contributed by atoms with Crippen molar-refractivity contribution in [3.05, 3.63) is 56.7 Å². The van der Waals surface area contributed by atoms with Crippen molar-refractivity contribution in [3.63, 3.8) is 0 Å². The minimum absolute atomic E-state index is 0.111. The monoisotopic (exact) mass is 384 g/mol. The van der Waals surface area contributed by atoms with Crippen LogP contribution >= 0.6 is 23.1 Å². The van der Waals surface area contributed by atoms with E-state index in [0.717, 1.165) is 34.0 Å². The molecule has 26 heavy (non-hydrogen) atoms. The molecule has 1 atom stereocenters. The number of amides is 1. The van der Waals surface area contributed by atoms with Crippen molar-refractivity contribution in [3.8, 4) is 0 Å². The molecule has 134 valence electrons. The fourth-order valence-electron chi connectivity index (χ4n) is 2.98. The molecule has 0 radical (unpaired) electrons. The molecule has 2 aliphatic rings. The molecule has 3 heterocycles. The second kappa shape index (κ2) is 7.25. The van der Waals surface area contributed by atoms with Crippen LogP contribution in [0.25, 0.3) is 5.70 Å². The lowest BCUT2D eigenvalue weighted by Gasteiger charge is -2.33. The smallest absolute Gasteiger partial charge is 0.276 e. The van der Waals surface area contributed by atoms with Gasteiger partial charge < -0.3 is 0 Å². The van der Waals surface area contributed by atoms with E-state index in [0.29, 0.717) is 10.9 Å². The number of aryl methyl sites for hydroxylation is 1. The molecular formula is C19H20N4OS2. The van der Waals surface area contributed by atoms with Gasteiger partial charge in [0.2, 0.25) is 0 Å². The molecule has 0 saturated heterocycles. The number of carbonyl (C=O) groups excluding carboxylic acids is 1. The van der Waals surface area contributed by atoms with Crippen LogP contribution in [0.4, 0.5) is 0 Å². The molecule has 0 spiro atoms. The fourth-order valence-corrected chi connectivity index (χ4v) is 4.82. The summed E-state index contributed by atoms with van der Waals surface area (Å²) < 4.78 is 0. The first-order valence-corrected chi connectivity index (χ1v) is 10.5. The van der Waals surface area contributed by atoms with Crippen LogP contribution in [0.5, 0.6) is 0 Å². The minimum Gasteiger partial charge on any atom is -0.298 e. The Balaban J connectivity index is 1.83. The molecule has 5 nitrogen and oxygen atoms in total. The molecule has 0 bridgehead atoms. The van der Waals surface area contributed by atoms with Crippen LogP contribution in [-0.4, -0.2) is 21.8 Å². The SMILES string of the molecule is CCCCSC1=NN2C(=c3ccccc3=N[C@H]2c2ccc(C)s2)C(=O)N1. The molecule has 0 aliphatic carbocycles. The molecule has 1 aromatic carbocycles. The van der Waals surface area contributed by atoms with E-state index in [1.807, 2.05) is 24.3 Å². The Labute approximate surface area is 160 Å². The molecule has 0 saturated carbocycles. The van der Waals surface area contributed by atoms with Crippen LogP contribution in [0.2, 0.25) is 0 Å². The van der Waals surface area contributed by atoms with Crippen molar-refractivity contribution < 1.29 is 4.79 Å². The van der Waals surface area contributed by atoms with E-state index in [1.54, 1.807) is 28.1 Å². The normalized spacial score (nSPS) is 18.6. The maximum Gasteiger partial charge on any atom is 0.276 e. The van der Waals surface area contributed by atoms with Gasteiger partial charge in [0.15, 0.2) is 11.3 Å². The molecule has 1 aromatic heterocycles. The molecule has 1 N–H and O–H groups in total. The van der Waals surface area contributed by atoms with Crippen LogP contribution < -0.4 is 15.9 Å². The summed E-state index contributed by atoms with van der Waals surface area (Å²) in [6, 6.07) is 11.9. The van der Waals surface area contributed by atoms with Gasteiger partial charge in [-0.1, -0.05) is 43.3 Å². The number of nitrogens with one attached hydrogen (secondary N) is 1. The number of carbonyl (C=O) groups is 1. The number of hydrazone groups is 1. The average molecular weight is 385 g/mol. The van der Waals surface area contributed by atoms with E-state index in [2.05, 4.69) is 31.3 Å². The summed E-state index contributed by atoms with van der Waals surface area (Å²) in [6.45, 7) is 4.23. The second-order valence-electron chi connectivity index (χ2n) is 6.22. The van der Waals surface area contributed by atoms with E-state index in [1.165, 1.54) is 4.88 Å². The topological polar surface area (TPSA) is 57.1 Å². The molecular weight excluding hydrogens is 364 g/mol. The number of hydrogen-bond acceptors (Lipinski definition) is 6. The van der Waals surface area contributed by atoms with Crippen molar-refractivity contribution in [2.75, 3.05) is 5.75 Å². The maximum absolute atomic E-state index is 12.9. The lowest BCUT2D eigenvalue weighted by Crippen LogP contribution is -2.50. The quantitative estimate of drug-likeness (QED) is 0.825. The lowest BCUT2D eigenvalue weighted by atomic mass is 10.1. The van der Waals surface area contributed by atoms with Crippen molar-refractivity contribution in [1.29, 1.82) is 0 Å². The van der Waals surface area contributed by atoms with E-state index >= 15 is 0 Å². The average Bonchev–Trinajstić information content (AvgIpc) is 3.07. The Kier molecular flexibility index (Phi) is 4.82. The third kappa shape index (κ3) is 3.17. The number of rotatable bonds is 4. The largest absolute Gasteiger partial charge is 0.298 e. The molecule has 1 amide bonds. The van der Waals surface area contributed by atoms with E-state index in [-0.39, 0.29) is 12.1 Å². The first kappa shape index (κ1) is 17.3. The highest BCUT2D eigenvalue weighted by Crippen LogP contribution is 2.34. The van der Waals surface area contributed by atoms with Crippen LogP contribution in [0.1, 0.15) is 35.7 Å². The zero-order valence-electron chi connectivity index (χ0n) is 14.7. The molecule has 0 unspecified atom stereocenters. The molecule has 7 heteroatoms. The molecule has 2 aliphatic heterocycles. The standard InChI is InChI=1S/C19H20N4OS2/c1-3-4-11-25-19-21-18(24)16-13-7-5-6-8-14(13)20-17(23(16)22-19)15-10-9-12(2)26-15/h5-10,17H,3-4,11H2,1-2H3,(H,21,22,24)/t17-/m1/s1. The summed E-state index contributed by atoms with van der Waals surface area (Å²) in [4.78, 5) is 20.1. The third-order valence-corrected chi connectivity index (χ3v) is 6.26. The third-order valence-electron chi connectivity index (χ3n) is 4.27. The molecule has 4 rings (SSSR count). The Bertz CT molecular complexity index is 995. The number of benzene rings is 1. The zero-order valence-corrected chi connectivity index (χ0v) is 16.4. The Morgan fingerprint density at radius 3 is 2.88 bits per heavy atom. The minimum atomic E-state index is -0.300. The molecule has 0 fully saturated rings. The van der Waals surface area contributed by atoms with Gasteiger partial charge >= 0.3 is 0 Å². The van der Waals surface area contributed by atoms with Gasteiger partial charge in [0, 0.05) is 15.8 Å². The van der Waals surface area contributed by atoms with Gasteiger partial charge in [-0.05, 0) is 31.5 Å². The lowest BCUT2D eigenvalue weighted by molar-refractivity contribution is -0.116. The van der Waals surface area contributed by atoms with Crippen molar-refractivity contribution in [1.82, 2.24) is 10.3 Å². The predicted molar refractivity (Wildman–Crippen MR) is 107 cm³/mol. The Hall–Kier alpha value is -2.12. The predicted octanol–water partition coefficient (Wildman–Crippen LogP) is 2.73. The maximum atomic E-state index is 12.9. The highest BCUT2D eigenvalue weighted by molar-refractivity contribution is 8.13. The summed E-state index contributed by atoms with van der Waals surface area (Å²) in [7, 11) is 0. The van der Waals surface area contributed by atoms with E-state index in [4.69, 9.17) is 10.1 Å². The highest BCUT2D eigenvalue weighted by atomic mass is 32.2. The van der Waals surface area contributed by atoms with Crippen LogP contribution in [0, 0.1) is 6.92 Å². The van der Waals surface area contributed by atoms with Crippen molar-refractivity contribution in [2.45, 2.75) is 32.9 Å². The summed E-state index contributed by atoms with van der Waals surface area (Å²) in [5, 5.41) is 11.8. The van der Waals surface area contributed by atoms with Crippen LogP contribution in [-0.2, 0) is 4.79 Å². The summed E-state index contributed by atoms with van der Waals surface area (Å²) in [6.07, 6.45) is 1.91. The van der Waals surface area contributed by atoms with Gasteiger partial charge in [0.25, 0.3) is 5.91 Å². The number of thiophene rings is 1. The number of thioether (sulfide) groups is 1. The van der Waals surface area contributed by atoms with Gasteiger partial charge in [0.1, 0.15) is 5.70 Å². The second-order valence-corrected chi connectivity index (χ2v) is 8.63. The van der Waals surface area contributed by atoms with Gasteiger partial charge in [0.05, 0.1) is 10.2 Å². The first-order chi connectivity index (χ1) is 12.7. The summed E-state index contributed by atoms with van der Waals surface area (Å²) in [5.74, 6) is 0.828. The first-order valence-electron chi connectivity index (χ1n) is 8.73. The number of unbranched alkanes of at least 4 members (excludes halogenated alkanes) is 1. The highest BCUT2D eigenvalue weighted by Gasteiger charge is 2.34. The fraction of sp³-hybridized carbons (Fsp3) is 0.316. The Morgan fingerprint density at radius 2 is 2.12 bits per heavy atom. The summed E-state index contributed by atoms with van der Waals surface area (Å²) in [5.41, 5.74) is 0.575. The number of amidine groups is 1. The molecule has 2 aromatic rings. The van der Waals surface area contributed by atoms with Gasteiger partial charge in [-0.3, -0.25) is 15.1 Å².